The van der Waals surface area contributed by atoms with E-state index >= 15 is 0 Å². The van der Waals surface area contributed by atoms with Gasteiger partial charge in [0.2, 0.25) is 0 Å². The van der Waals surface area contributed by atoms with Crippen molar-refractivity contribution >= 4 is 97.1 Å². The average Bonchev–Trinajstić information content (AvgIpc) is 1.53. The van der Waals surface area contributed by atoms with E-state index in [0.29, 0.717) is 0 Å². The fourth-order valence-corrected chi connectivity index (χ4v) is 20.9. The van der Waals surface area contributed by atoms with Crippen LogP contribution in [0.3, 0.4) is 0 Å². The van der Waals surface area contributed by atoms with Crippen molar-refractivity contribution in [2.24, 2.45) is 0 Å². The zero-order chi connectivity index (χ0) is 69.5. The van der Waals surface area contributed by atoms with Gasteiger partial charge in [0.15, 0.2) is 0 Å². The van der Waals surface area contributed by atoms with E-state index in [0.717, 1.165) is 45.3 Å². The first-order valence-corrected chi connectivity index (χ1v) is 38.1. The van der Waals surface area contributed by atoms with E-state index in [-0.39, 0.29) is 5.41 Å². The SMILES string of the molecule is CC1(C)c2ccccc2-c2ccc(N(c3ccc4c(c3)C(c3ccccc3)(c3ccccc3)c3ccccc3-4)c3ccc4sc5c(-c6ccc(-c7ccccc7N(c7ccc8c(c7)C(c7ccccc7)(c7ccccc7)c7ccccc7-8)c7ccc8sc9ccccc9c8c7)cc6)cccc5c4c3)cc21. The molecule has 0 atom stereocenters. The normalized spacial score (nSPS) is 13.8. The number of hydrogen-bond donors (Lipinski definition) is 0. The molecule has 0 N–H and O–H groups in total. The van der Waals surface area contributed by atoms with E-state index in [4.69, 9.17) is 0 Å². The van der Waals surface area contributed by atoms with Gasteiger partial charge in [-0.2, -0.15) is 0 Å². The molecule has 2 aromatic heterocycles. The molecule has 3 aliphatic rings. The maximum atomic E-state index is 2.53. The molecule has 0 saturated heterocycles. The lowest BCUT2D eigenvalue weighted by Crippen LogP contribution is -2.28. The van der Waals surface area contributed by atoms with Crippen LogP contribution in [0, 0.1) is 0 Å². The number of anilines is 6. The zero-order valence-electron chi connectivity index (χ0n) is 58.0. The van der Waals surface area contributed by atoms with Crippen LogP contribution in [-0.2, 0) is 16.2 Å². The van der Waals surface area contributed by atoms with Gasteiger partial charge in [-0.25, -0.2) is 0 Å². The third-order valence-corrected chi connectivity index (χ3v) is 25.6. The molecule has 16 aromatic carbocycles. The lowest BCUT2D eigenvalue weighted by atomic mass is 9.67. The van der Waals surface area contributed by atoms with Crippen LogP contribution in [0.15, 0.2) is 376 Å². The molecule has 2 nitrogen and oxygen atoms in total. The standard InChI is InChI=1S/C101H68N2S2/c1-99(2)88-41-20-15-35-78(88)81-55-50-73(62-91(81)99)102(74-51-56-82-79-36-16-21-42-89(79)100(92(82)63-74,67-26-7-3-8-27-67)68-28-9-4-10-29-68)71-53-59-97-87(60-71)85-40-25-39-77(98(85)105-97)66-48-46-65(47-49-66)76-34-18-23-44-94(76)103(72-54-58-96-86(61-72)84-38-19-24-45-95(84)104-96)75-52-57-83-80-37-17-22-43-90(80)101(93(83)64-75,69-30-11-5-12-31-69)70-32-13-6-14-33-70/h3-64H,1-2H3. The van der Waals surface area contributed by atoms with Gasteiger partial charge in [-0.05, 0) is 191 Å². The van der Waals surface area contributed by atoms with Crippen LogP contribution < -0.4 is 9.80 Å². The van der Waals surface area contributed by atoms with Gasteiger partial charge in [-0.1, -0.05) is 305 Å². The van der Waals surface area contributed by atoms with Crippen molar-refractivity contribution in [3.05, 3.63) is 432 Å². The van der Waals surface area contributed by atoms with Gasteiger partial charge in [-0.15, -0.1) is 22.7 Å². The maximum absolute atomic E-state index is 2.53. The number of benzene rings is 16. The van der Waals surface area contributed by atoms with Gasteiger partial charge in [0, 0.05) is 79.8 Å². The third-order valence-electron chi connectivity index (χ3n) is 23.2. The molecule has 494 valence electrons. The summed E-state index contributed by atoms with van der Waals surface area (Å²) in [6.07, 6.45) is 0. The lowest BCUT2D eigenvalue weighted by Gasteiger charge is -2.35. The Kier molecular flexibility index (Phi) is 13.9. The molecule has 0 aliphatic heterocycles. The van der Waals surface area contributed by atoms with E-state index in [2.05, 4.69) is 400 Å². The predicted molar refractivity (Wildman–Crippen MR) is 445 cm³/mol. The Bertz CT molecular complexity index is 6430. The molecule has 0 radical (unpaired) electrons. The Morgan fingerprint density at radius 1 is 0.219 bits per heavy atom. The van der Waals surface area contributed by atoms with Crippen LogP contribution in [-0.4, -0.2) is 0 Å². The van der Waals surface area contributed by atoms with Crippen molar-refractivity contribution in [2.45, 2.75) is 30.1 Å². The molecule has 0 unspecified atom stereocenters. The second kappa shape index (κ2) is 23.8. The maximum Gasteiger partial charge on any atom is 0.0714 e. The quantitative estimate of drug-likeness (QED) is 0.120. The average molecular weight is 1370 g/mol. The second-order valence-corrected chi connectivity index (χ2v) is 31.1. The Morgan fingerprint density at radius 2 is 0.571 bits per heavy atom. The summed E-state index contributed by atoms with van der Waals surface area (Å²) in [7, 11) is 0. The van der Waals surface area contributed by atoms with Crippen molar-refractivity contribution < 1.29 is 0 Å². The number of hydrogen-bond acceptors (Lipinski definition) is 4. The van der Waals surface area contributed by atoms with Crippen molar-refractivity contribution in [1.29, 1.82) is 0 Å². The van der Waals surface area contributed by atoms with E-state index in [9.17, 15) is 0 Å². The van der Waals surface area contributed by atoms with Gasteiger partial charge in [0.1, 0.15) is 0 Å². The summed E-state index contributed by atoms with van der Waals surface area (Å²) in [5, 5.41) is 5.02. The monoisotopic (exact) mass is 1370 g/mol. The fourth-order valence-electron chi connectivity index (χ4n) is 18.6. The summed E-state index contributed by atoms with van der Waals surface area (Å²) >= 11 is 3.75. The molecule has 0 saturated carbocycles. The highest BCUT2D eigenvalue weighted by Crippen LogP contribution is 2.61. The molecule has 0 bridgehead atoms. The first-order valence-electron chi connectivity index (χ1n) is 36.4. The summed E-state index contributed by atoms with van der Waals surface area (Å²) in [6, 6.07) is 142. The van der Waals surface area contributed by atoms with E-state index in [1.54, 1.807) is 0 Å². The lowest BCUT2D eigenvalue weighted by molar-refractivity contribution is 0.660. The largest absolute Gasteiger partial charge is 0.310 e. The molecule has 2 heterocycles. The van der Waals surface area contributed by atoms with Crippen LogP contribution >= 0.6 is 22.7 Å². The summed E-state index contributed by atoms with van der Waals surface area (Å²) in [6.45, 7) is 4.78. The highest BCUT2D eigenvalue weighted by molar-refractivity contribution is 7.26. The van der Waals surface area contributed by atoms with Crippen molar-refractivity contribution in [1.82, 2.24) is 0 Å². The van der Waals surface area contributed by atoms with Crippen LogP contribution in [0.4, 0.5) is 34.1 Å². The number of thiophene rings is 2. The van der Waals surface area contributed by atoms with Crippen molar-refractivity contribution in [3.8, 4) is 55.6 Å². The van der Waals surface area contributed by atoms with E-state index in [1.165, 1.54) is 140 Å². The minimum Gasteiger partial charge on any atom is -0.310 e. The van der Waals surface area contributed by atoms with Crippen LogP contribution in [0.25, 0.3) is 96.0 Å². The molecule has 3 aliphatic carbocycles. The van der Waals surface area contributed by atoms with E-state index < -0.39 is 10.8 Å². The Balaban J connectivity index is 0.697. The predicted octanol–water partition coefficient (Wildman–Crippen LogP) is 27.7. The molecule has 21 rings (SSSR count). The number of nitrogens with zero attached hydrogens (tertiary/aromatic N) is 2. The first kappa shape index (κ1) is 61.2. The summed E-state index contributed by atoms with van der Waals surface area (Å²) in [5.74, 6) is 0. The van der Waals surface area contributed by atoms with Gasteiger partial charge >= 0.3 is 0 Å². The molecule has 0 amide bonds. The summed E-state index contributed by atoms with van der Waals surface area (Å²) in [4.78, 5) is 5.05. The molecular weight excluding hydrogens is 1310 g/mol. The molecule has 4 heteroatoms. The van der Waals surface area contributed by atoms with Crippen molar-refractivity contribution in [3.63, 3.8) is 0 Å². The van der Waals surface area contributed by atoms with Gasteiger partial charge in [0.25, 0.3) is 0 Å². The topological polar surface area (TPSA) is 6.48 Å². The fraction of sp³-hybridized carbons (Fsp3) is 0.0495. The Labute approximate surface area is 620 Å². The Morgan fingerprint density at radius 3 is 1.12 bits per heavy atom. The van der Waals surface area contributed by atoms with Crippen molar-refractivity contribution in [2.75, 3.05) is 9.80 Å². The molecule has 105 heavy (non-hydrogen) atoms. The minimum absolute atomic E-state index is 0.193. The zero-order valence-corrected chi connectivity index (χ0v) is 59.6. The number of para-hydroxylation sites is 1. The molecule has 0 spiro atoms. The first-order chi connectivity index (χ1) is 51.8. The number of fused-ring (bicyclic) bond motifs is 15. The van der Waals surface area contributed by atoms with E-state index in [1.807, 2.05) is 22.7 Å². The third kappa shape index (κ3) is 9.13. The van der Waals surface area contributed by atoms with Gasteiger partial charge in [-0.3, -0.25) is 0 Å². The molecule has 18 aromatic rings. The summed E-state index contributed by atoms with van der Waals surface area (Å²) < 4.78 is 5.09. The minimum atomic E-state index is -0.565. The highest BCUT2D eigenvalue weighted by Gasteiger charge is 2.48. The number of rotatable bonds is 12. The molecule has 0 fully saturated rings. The Hall–Kier alpha value is -12.4. The van der Waals surface area contributed by atoms with Crippen LogP contribution in [0.1, 0.15) is 69.5 Å². The smallest absolute Gasteiger partial charge is 0.0714 e. The van der Waals surface area contributed by atoms with Crippen LogP contribution in [0.2, 0.25) is 0 Å². The second-order valence-electron chi connectivity index (χ2n) is 28.9. The van der Waals surface area contributed by atoms with Crippen LogP contribution in [0.5, 0.6) is 0 Å². The van der Waals surface area contributed by atoms with Gasteiger partial charge in [0.05, 0.1) is 16.5 Å². The highest BCUT2D eigenvalue weighted by atomic mass is 32.1. The molecular formula is C101H68N2S2. The summed E-state index contributed by atoms with van der Waals surface area (Å²) in [5.41, 5.74) is 30.5. The van der Waals surface area contributed by atoms with Gasteiger partial charge < -0.3 is 9.80 Å².